The monoisotopic (exact) mass is 259 g/mol. The van der Waals surface area contributed by atoms with Gasteiger partial charge in [-0.1, -0.05) is 13.3 Å². The first-order valence-corrected chi connectivity index (χ1v) is 6.71. The Kier molecular flexibility index (Phi) is 6.60. The Morgan fingerprint density at radius 2 is 2.28 bits per heavy atom. The average Bonchev–Trinajstić information content (AvgIpc) is 2.28. The van der Waals surface area contributed by atoms with E-state index in [0.29, 0.717) is 19.8 Å². The number of nitrogens with one attached hydrogen (secondary N) is 1. The molecule has 1 rings (SSSR count). The molecule has 0 aromatic carbocycles. The number of hydrogen-bond acceptors (Lipinski definition) is 5. The first kappa shape index (κ1) is 15.4. The highest BCUT2D eigenvalue weighted by Crippen LogP contribution is 2.21. The molecular weight excluding hydrogens is 234 g/mol. The molecule has 1 aliphatic rings. The van der Waals surface area contributed by atoms with Gasteiger partial charge in [0.15, 0.2) is 5.79 Å². The molecule has 0 spiro atoms. The lowest BCUT2D eigenvalue weighted by Gasteiger charge is -2.36. The van der Waals surface area contributed by atoms with Crippen LogP contribution in [0.5, 0.6) is 0 Å². The summed E-state index contributed by atoms with van der Waals surface area (Å²) in [6.07, 6.45) is 2.90. The average molecular weight is 259 g/mol. The molecule has 1 unspecified atom stereocenters. The topological polar surface area (TPSA) is 56.8 Å². The summed E-state index contributed by atoms with van der Waals surface area (Å²) < 4.78 is 16.2. The smallest absolute Gasteiger partial charge is 0.319 e. The van der Waals surface area contributed by atoms with Gasteiger partial charge >= 0.3 is 5.97 Å². The van der Waals surface area contributed by atoms with Crippen molar-refractivity contribution < 1.29 is 19.0 Å². The van der Waals surface area contributed by atoms with Crippen molar-refractivity contribution in [2.45, 2.75) is 51.9 Å². The molecule has 1 fully saturated rings. The molecule has 0 saturated carbocycles. The highest BCUT2D eigenvalue weighted by molar-refractivity contribution is 5.71. The first-order valence-electron chi connectivity index (χ1n) is 6.71. The van der Waals surface area contributed by atoms with Crippen LogP contribution < -0.4 is 5.32 Å². The molecule has 106 valence electrons. The number of unbranched alkanes of at least 4 members (excludes halogenated alkanes) is 1. The van der Waals surface area contributed by atoms with Crippen molar-refractivity contribution in [1.29, 1.82) is 0 Å². The Labute approximate surface area is 109 Å². The maximum atomic E-state index is 11.3. The predicted octanol–water partition coefficient (Wildman–Crippen LogP) is 1.46. The molecule has 0 aromatic rings. The number of carbonyl (C=O) groups excluding carboxylic acids is 1. The molecule has 1 saturated heterocycles. The van der Waals surface area contributed by atoms with Crippen LogP contribution in [-0.2, 0) is 19.0 Å². The van der Waals surface area contributed by atoms with E-state index in [1.165, 1.54) is 0 Å². The van der Waals surface area contributed by atoms with Gasteiger partial charge in [-0.3, -0.25) is 4.79 Å². The SMILES string of the molecule is CCCCOC(=O)CNCC1CCOC(C)(C)O1. The van der Waals surface area contributed by atoms with Crippen molar-refractivity contribution in [2.75, 3.05) is 26.3 Å². The number of ether oxygens (including phenoxy) is 3. The molecule has 5 heteroatoms. The minimum absolute atomic E-state index is 0.0946. The van der Waals surface area contributed by atoms with E-state index in [1.807, 2.05) is 13.8 Å². The van der Waals surface area contributed by atoms with E-state index in [4.69, 9.17) is 14.2 Å². The van der Waals surface area contributed by atoms with Crippen molar-refractivity contribution in [3.05, 3.63) is 0 Å². The number of esters is 1. The third kappa shape index (κ3) is 6.33. The van der Waals surface area contributed by atoms with Crippen LogP contribution in [-0.4, -0.2) is 44.2 Å². The highest BCUT2D eigenvalue weighted by atomic mass is 16.7. The second-order valence-electron chi connectivity index (χ2n) is 4.98. The molecular formula is C13H25NO4. The van der Waals surface area contributed by atoms with E-state index in [0.717, 1.165) is 19.3 Å². The fraction of sp³-hybridized carbons (Fsp3) is 0.923. The zero-order valence-electron chi connectivity index (χ0n) is 11.7. The van der Waals surface area contributed by atoms with Crippen LogP contribution in [0.2, 0.25) is 0 Å². The Morgan fingerprint density at radius 1 is 1.50 bits per heavy atom. The highest BCUT2D eigenvalue weighted by Gasteiger charge is 2.28. The molecule has 18 heavy (non-hydrogen) atoms. The van der Waals surface area contributed by atoms with Crippen LogP contribution in [0.3, 0.4) is 0 Å². The van der Waals surface area contributed by atoms with Gasteiger partial charge in [-0.2, -0.15) is 0 Å². The molecule has 0 amide bonds. The Bertz CT molecular complexity index is 255. The maximum Gasteiger partial charge on any atom is 0.319 e. The zero-order chi connectivity index (χ0) is 13.4. The third-order valence-corrected chi connectivity index (χ3v) is 2.74. The van der Waals surface area contributed by atoms with Crippen LogP contribution in [0, 0.1) is 0 Å². The van der Waals surface area contributed by atoms with E-state index < -0.39 is 5.79 Å². The van der Waals surface area contributed by atoms with Crippen LogP contribution >= 0.6 is 0 Å². The Balaban J connectivity index is 2.08. The van der Waals surface area contributed by atoms with Crippen molar-refractivity contribution in [2.24, 2.45) is 0 Å². The quantitative estimate of drug-likeness (QED) is 0.554. The lowest BCUT2D eigenvalue weighted by atomic mass is 10.2. The summed E-state index contributed by atoms with van der Waals surface area (Å²) in [5.74, 6) is -0.721. The molecule has 1 N–H and O–H groups in total. The summed E-state index contributed by atoms with van der Waals surface area (Å²) in [6.45, 7) is 7.96. The Morgan fingerprint density at radius 3 is 2.94 bits per heavy atom. The minimum Gasteiger partial charge on any atom is -0.465 e. The zero-order valence-corrected chi connectivity index (χ0v) is 11.7. The molecule has 0 bridgehead atoms. The van der Waals surface area contributed by atoms with Crippen LogP contribution in [0.4, 0.5) is 0 Å². The van der Waals surface area contributed by atoms with Gasteiger partial charge in [-0.25, -0.2) is 0 Å². The van der Waals surface area contributed by atoms with Gasteiger partial charge in [-0.15, -0.1) is 0 Å². The van der Waals surface area contributed by atoms with E-state index in [1.54, 1.807) is 0 Å². The number of hydrogen-bond donors (Lipinski definition) is 1. The predicted molar refractivity (Wildman–Crippen MR) is 68.3 cm³/mol. The molecule has 1 aliphatic heterocycles. The maximum absolute atomic E-state index is 11.3. The summed E-state index contributed by atoms with van der Waals surface area (Å²) in [5, 5.41) is 3.06. The van der Waals surface area contributed by atoms with E-state index in [9.17, 15) is 4.79 Å². The fourth-order valence-corrected chi connectivity index (χ4v) is 1.79. The summed E-state index contributed by atoms with van der Waals surface area (Å²) in [7, 11) is 0. The second kappa shape index (κ2) is 7.71. The van der Waals surface area contributed by atoms with Crippen molar-refractivity contribution in [3.63, 3.8) is 0 Å². The molecule has 1 atom stereocenters. The molecule has 5 nitrogen and oxygen atoms in total. The standard InChI is InChI=1S/C13H25NO4/c1-4-5-7-16-12(15)10-14-9-11-6-8-17-13(2,3)18-11/h11,14H,4-10H2,1-3H3. The van der Waals surface area contributed by atoms with Crippen molar-refractivity contribution in [1.82, 2.24) is 5.32 Å². The lowest BCUT2D eigenvalue weighted by molar-refractivity contribution is -0.271. The largest absolute Gasteiger partial charge is 0.465 e. The summed E-state index contributed by atoms with van der Waals surface area (Å²) >= 11 is 0. The summed E-state index contributed by atoms with van der Waals surface area (Å²) in [6, 6.07) is 0. The number of rotatable bonds is 7. The third-order valence-electron chi connectivity index (χ3n) is 2.74. The summed E-state index contributed by atoms with van der Waals surface area (Å²) in [4.78, 5) is 11.3. The molecule has 0 aromatic heterocycles. The van der Waals surface area contributed by atoms with E-state index in [2.05, 4.69) is 12.2 Å². The van der Waals surface area contributed by atoms with Crippen LogP contribution in [0.15, 0.2) is 0 Å². The normalized spacial score (nSPS) is 22.7. The second-order valence-corrected chi connectivity index (χ2v) is 4.98. The van der Waals surface area contributed by atoms with Gasteiger partial charge in [0.2, 0.25) is 0 Å². The first-order chi connectivity index (χ1) is 8.53. The fourth-order valence-electron chi connectivity index (χ4n) is 1.79. The molecule has 1 heterocycles. The van der Waals surface area contributed by atoms with Gasteiger partial charge < -0.3 is 19.5 Å². The van der Waals surface area contributed by atoms with Gasteiger partial charge in [0, 0.05) is 6.54 Å². The van der Waals surface area contributed by atoms with E-state index >= 15 is 0 Å². The molecule has 0 aliphatic carbocycles. The van der Waals surface area contributed by atoms with Gasteiger partial charge in [0.05, 0.1) is 25.9 Å². The molecule has 0 radical (unpaired) electrons. The van der Waals surface area contributed by atoms with Gasteiger partial charge in [0.1, 0.15) is 0 Å². The minimum atomic E-state index is -0.522. The van der Waals surface area contributed by atoms with Crippen molar-refractivity contribution in [3.8, 4) is 0 Å². The van der Waals surface area contributed by atoms with Crippen LogP contribution in [0.1, 0.15) is 40.0 Å². The summed E-state index contributed by atoms with van der Waals surface area (Å²) in [5.41, 5.74) is 0. The Hall–Kier alpha value is -0.650. The number of carbonyl (C=O) groups is 1. The van der Waals surface area contributed by atoms with Gasteiger partial charge in [0.25, 0.3) is 0 Å². The van der Waals surface area contributed by atoms with Crippen molar-refractivity contribution >= 4 is 5.97 Å². The van der Waals surface area contributed by atoms with E-state index in [-0.39, 0.29) is 18.6 Å². The van der Waals surface area contributed by atoms with Gasteiger partial charge in [-0.05, 0) is 26.7 Å². The lowest BCUT2D eigenvalue weighted by Crippen LogP contribution is -2.44. The van der Waals surface area contributed by atoms with Crippen LogP contribution in [0.25, 0.3) is 0 Å².